The van der Waals surface area contributed by atoms with Gasteiger partial charge in [0.05, 0.1) is 0 Å². The fourth-order valence-electron chi connectivity index (χ4n) is 2.31. The quantitative estimate of drug-likeness (QED) is 0.414. The van der Waals surface area contributed by atoms with Crippen molar-refractivity contribution in [3.63, 3.8) is 0 Å². The summed E-state index contributed by atoms with van der Waals surface area (Å²) in [5.41, 5.74) is 8.78. The highest BCUT2D eigenvalue weighted by molar-refractivity contribution is 4.95. The van der Waals surface area contributed by atoms with Crippen LogP contribution in [-0.2, 0) is 0 Å². The van der Waals surface area contributed by atoms with E-state index < -0.39 is 0 Å². The molecule has 14 heavy (non-hydrogen) atoms. The zero-order chi connectivity index (χ0) is 9.86. The lowest BCUT2D eigenvalue weighted by atomic mass is 9.73. The molecule has 78 valence electrons. The van der Waals surface area contributed by atoms with Gasteiger partial charge in [0.25, 0.3) is 0 Å². The maximum absolute atomic E-state index is 8.16. The molecular formula is C9H17N5. The van der Waals surface area contributed by atoms with Crippen LogP contribution >= 0.6 is 0 Å². The third kappa shape index (κ3) is 2.00. The molecule has 2 heterocycles. The summed E-state index contributed by atoms with van der Waals surface area (Å²) >= 11 is 0. The Labute approximate surface area is 84.1 Å². The smallest absolute Gasteiger partial charge is 0.0385 e. The van der Waals surface area contributed by atoms with Gasteiger partial charge >= 0.3 is 0 Å². The number of azide groups is 1. The summed E-state index contributed by atoms with van der Waals surface area (Å²) in [6, 6.07) is 0. The normalized spacial score (nSPS) is 25.4. The van der Waals surface area contributed by atoms with Crippen LogP contribution in [0.15, 0.2) is 5.11 Å². The highest BCUT2D eigenvalue weighted by Crippen LogP contribution is 2.34. The minimum atomic E-state index is 0.613. The lowest BCUT2D eigenvalue weighted by molar-refractivity contribution is 0.0569. The first-order valence-corrected chi connectivity index (χ1v) is 5.29. The van der Waals surface area contributed by atoms with E-state index in [1.807, 2.05) is 0 Å². The molecule has 0 radical (unpaired) electrons. The molecule has 0 aliphatic carbocycles. The van der Waals surface area contributed by atoms with E-state index in [1.165, 1.54) is 39.0 Å². The summed E-state index contributed by atoms with van der Waals surface area (Å²) in [7, 11) is 0. The van der Waals surface area contributed by atoms with Crippen LogP contribution in [0.3, 0.4) is 0 Å². The van der Waals surface area contributed by atoms with E-state index in [4.69, 9.17) is 5.53 Å². The molecule has 0 saturated carbocycles. The molecule has 0 aromatic heterocycles. The zero-order valence-corrected chi connectivity index (χ0v) is 8.45. The molecule has 5 heteroatoms. The Morgan fingerprint density at radius 3 is 2.57 bits per heavy atom. The van der Waals surface area contributed by atoms with Crippen molar-refractivity contribution in [3.8, 4) is 0 Å². The molecule has 2 fully saturated rings. The molecule has 0 atom stereocenters. The number of nitrogens with zero attached hydrogens (tertiary/aromatic N) is 4. The summed E-state index contributed by atoms with van der Waals surface area (Å²) in [4.78, 5) is 5.17. The first-order valence-electron chi connectivity index (χ1n) is 5.29. The molecule has 2 saturated heterocycles. The van der Waals surface area contributed by atoms with Gasteiger partial charge in [-0.25, -0.2) is 0 Å². The standard InChI is InChI=1S/C9H17N5/c10-13-12-3-6-14-4-1-9(2-5-14)7-11-8-9/h11H,1-8H2. The maximum Gasteiger partial charge on any atom is 0.0385 e. The van der Waals surface area contributed by atoms with Crippen LogP contribution < -0.4 is 5.32 Å². The van der Waals surface area contributed by atoms with Crippen LogP contribution in [0.2, 0.25) is 0 Å². The van der Waals surface area contributed by atoms with Gasteiger partial charge in [-0.05, 0) is 36.9 Å². The Morgan fingerprint density at radius 2 is 2.07 bits per heavy atom. The molecule has 0 bridgehead atoms. The molecular weight excluding hydrogens is 178 g/mol. The lowest BCUT2D eigenvalue weighted by Gasteiger charge is -2.48. The second-order valence-electron chi connectivity index (χ2n) is 4.40. The minimum Gasteiger partial charge on any atom is -0.316 e. The van der Waals surface area contributed by atoms with Crippen LogP contribution in [0.25, 0.3) is 10.4 Å². The summed E-state index contributed by atoms with van der Waals surface area (Å²) in [5.74, 6) is 0. The van der Waals surface area contributed by atoms with Gasteiger partial charge in [0.2, 0.25) is 0 Å². The SMILES string of the molecule is [N-]=[N+]=NCCN1CCC2(CC1)CNC2. The largest absolute Gasteiger partial charge is 0.316 e. The Morgan fingerprint density at radius 1 is 1.36 bits per heavy atom. The summed E-state index contributed by atoms with van der Waals surface area (Å²) in [6.07, 6.45) is 2.60. The van der Waals surface area contributed by atoms with Crippen LogP contribution in [0.4, 0.5) is 0 Å². The van der Waals surface area contributed by atoms with Crippen molar-refractivity contribution in [2.45, 2.75) is 12.8 Å². The third-order valence-electron chi connectivity index (χ3n) is 3.50. The molecule has 0 aromatic rings. The number of rotatable bonds is 3. The second kappa shape index (κ2) is 4.17. The molecule has 0 unspecified atom stereocenters. The van der Waals surface area contributed by atoms with Gasteiger partial charge in [-0.1, -0.05) is 5.11 Å². The van der Waals surface area contributed by atoms with Crippen molar-refractivity contribution in [1.29, 1.82) is 0 Å². The molecule has 2 aliphatic rings. The Bertz CT molecular complexity index is 232. The number of nitrogens with one attached hydrogen (secondary N) is 1. The molecule has 5 nitrogen and oxygen atoms in total. The van der Waals surface area contributed by atoms with Crippen molar-refractivity contribution < 1.29 is 0 Å². The summed E-state index contributed by atoms with van der Waals surface area (Å²) < 4.78 is 0. The zero-order valence-electron chi connectivity index (χ0n) is 8.45. The highest BCUT2D eigenvalue weighted by atomic mass is 15.2. The minimum absolute atomic E-state index is 0.613. The number of hydrogen-bond donors (Lipinski definition) is 1. The van der Waals surface area contributed by atoms with Crippen molar-refractivity contribution in [2.75, 3.05) is 39.3 Å². The van der Waals surface area contributed by atoms with E-state index >= 15 is 0 Å². The number of piperidine rings is 1. The van der Waals surface area contributed by atoms with Crippen LogP contribution in [0, 0.1) is 5.41 Å². The predicted octanol–water partition coefficient (Wildman–Crippen LogP) is 0.982. The van der Waals surface area contributed by atoms with E-state index in [0.717, 1.165) is 6.54 Å². The van der Waals surface area contributed by atoms with Gasteiger partial charge in [0, 0.05) is 31.1 Å². The van der Waals surface area contributed by atoms with Crippen molar-refractivity contribution in [1.82, 2.24) is 10.2 Å². The van der Waals surface area contributed by atoms with Gasteiger partial charge < -0.3 is 10.2 Å². The van der Waals surface area contributed by atoms with Crippen molar-refractivity contribution in [3.05, 3.63) is 10.4 Å². The fraction of sp³-hybridized carbons (Fsp3) is 1.00. The predicted molar refractivity (Wildman–Crippen MR) is 55.0 cm³/mol. The Kier molecular flexibility index (Phi) is 2.91. The van der Waals surface area contributed by atoms with E-state index in [2.05, 4.69) is 20.2 Å². The van der Waals surface area contributed by atoms with Gasteiger partial charge in [-0.15, -0.1) is 0 Å². The fourth-order valence-corrected chi connectivity index (χ4v) is 2.31. The van der Waals surface area contributed by atoms with Gasteiger partial charge in [-0.2, -0.15) is 0 Å². The molecule has 2 aliphatic heterocycles. The highest BCUT2D eigenvalue weighted by Gasteiger charge is 2.39. The first kappa shape index (κ1) is 9.77. The average molecular weight is 195 g/mol. The molecule has 1 spiro atoms. The Balaban J connectivity index is 1.70. The van der Waals surface area contributed by atoms with Crippen LogP contribution in [0.5, 0.6) is 0 Å². The third-order valence-corrected chi connectivity index (χ3v) is 3.50. The van der Waals surface area contributed by atoms with Crippen molar-refractivity contribution >= 4 is 0 Å². The number of hydrogen-bond acceptors (Lipinski definition) is 3. The average Bonchev–Trinajstić information content (AvgIpc) is 2.17. The molecule has 2 rings (SSSR count). The van der Waals surface area contributed by atoms with Crippen LogP contribution in [0.1, 0.15) is 12.8 Å². The number of likely N-dealkylation sites (tertiary alicyclic amines) is 1. The van der Waals surface area contributed by atoms with Crippen molar-refractivity contribution in [2.24, 2.45) is 10.5 Å². The van der Waals surface area contributed by atoms with Gasteiger partial charge in [0.1, 0.15) is 0 Å². The maximum atomic E-state index is 8.16. The molecule has 0 amide bonds. The lowest BCUT2D eigenvalue weighted by Crippen LogP contribution is -2.58. The molecule has 0 aromatic carbocycles. The van der Waals surface area contributed by atoms with E-state index in [-0.39, 0.29) is 0 Å². The van der Waals surface area contributed by atoms with Crippen LogP contribution in [-0.4, -0.2) is 44.2 Å². The van der Waals surface area contributed by atoms with E-state index in [0.29, 0.717) is 12.0 Å². The topological polar surface area (TPSA) is 64.0 Å². The van der Waals surface area contributed by atoms with E-state index in [9.17, 15) is 0 Å². The van der Waals surface area contributed by atoms with Gasteiger partial charge in [0.15, 0.2) is 0 Å². The summed E-state index contributed by atoms with van der Waals surface area (Å²) in [6.45, 7) is 6.29. The van der Waals surface area contributed by atoms with Gasteiger partial charge in [-0.3, -0.25) is 0 Å². The monoisotopic (exact) mass is 195 g/mol. The first-order chi connectivity index (χ1) is 6.85. The van der Waals surface area contributed by atoms with E-state index in [1.54, 1.807) is 0 Å². The summed E-state index contributed by atoms with van der Waals surface area (Å²) in [5, 5.41) is 6.92. The molecule has 1 N–H and O–H groups in total. The Hall–Kier alpha value is -0.770. The second-order valence-corrected chi connectivity index (χ2v) is 4.40.